The van der Waals surface area contributed by atoms with Gasteiger partial charge in [0.1, 0.15) is 0 Å². The summed E-state index contributed by atoms with van der Waals surface area (Å²) in [6, 6.07) is 10.5. The maximum absolute atomic E-state index is 12.6. The van der Waals surface area contributed by atoms with E-state index in [4.69, 9.17) is 0 Å². The van der Waals surface area contributed by atoms with Gasteiger partial charge in [0.05, 0.1) is 16.7 Å². The zero-order chi connectivity index (χ0) is 20.1. The van der Waals surface area contributed by atoms with E-state index in [-0.39, 0.29) is 22.6 Å². The molecule has 1 amide bonds. The van der Waals surface area contributed by atoms with Gasteiger partial charge in [-0.15, -0.1) is 11.3 Å². The second-order valence-corrected chi connectivity index (χ2v) is 10.6. The van der Waals surface area contributed by atoms with Crippen molar-refractivity contribution in [1.82, 2.24) is 10.2 Å². The lowest BCUT2D eigenvalue weighted by Gasteiger charge is -2.36. The number of hydrogen-bond acceptors (Lipinski definition) is 5. The summed E-state index contributed by atoms with van der Waals surface area (Å²) in [7, 11) is -3.25. The molecule has 0 bridgehead atoms. The molecule has 1 aromatic carbocycles. The fourth-order valence-corrected chi connectivity index (χ4v) is 5.25. The molecule has 0 aliphatic carbocycles. The number of amides is 1. The highest BCUT2D eigenvalue weighted by Gasteiger charge is 2.26. The van der Waals surface area contributed by atoms with Crippen molar-refractivity contribution in [3.63, 3.8) is 0 Å². The van der Waals surface area contributed by atoms with Crippen LogP contribution in [0, 0.1) is 5.92 Å². The Labute approximate surface area is 171 Å². The van der Waals surface area contributed by atoms with Crippen molar-refractivity contribution in [2.45, 2.75) is 37.6 Å². The molecule has 2 heterocycles. The van der Waals surface area contributed by atoms with Crippen LogP contribution in [0.5, 0.6) is 0 Å². The minimum Gasteiger partial charge on any atom is -0.350 e. The molecule has 1 atom stereocenters. The molecule has 1 aliphatic heterocycles. The van der Waals surface area contributed by atoms with Crippen LogP contribution >= 0.6 is 11.3 Å². The van der Waals surface area contributed by atoms with E-state index in [1.807, 2.05) is 6.07 Å². The molecule has 1 unspecified atom stereocenters. The lowest BCUT2D eigenvalue weighted by molar-refractivity contribution is 0.0915. The molecule has 3 rings (SSSR count). The Morgan fingerprint density at radius 3 is 2.46 bits per heavy atom. The average Bonchev–Trinajstić information content (AvgIpc) is 3.24. The molecule has 28 heavy (non-hydrogen) atoms. The van der Waals surface area contributed by atoms with Crippen LogP contribution in [0.2, 0.25) is 0 Å². The molecule has 152 valence electrons. The number of likely N-dealkylation sites (tertiary alicyclic amines) is 1. The normalized spacial score (nSPS) is 17.4. The molecule has 0 spiro atoms. The zero-order valence-electron chi connectivity index (χ0n) is 16.4. The van der Waals surface area contributed by atoms with E-state index >= 15 is 0 Å². The maximum atomic E-state index is 12.6. The maximum Gasteiger partial charge on any atom is 0.251 e. The van der Waals surface area contributed by atoms with Crippen LogP contribution in [0.25, 0.3) is 0 Å². The molecule has 7 heteroatoms. The molecule has 1 aromatic heterocycles. The van der Waals surface area contributed by atoms with Gasteiger partial charge >= 0.3 is 0 Å². The quantitative estimate of drug-likeness (QED) is 0.741. The standard InChI is InChI=1S/C21H28N2O3S2/c1-3-28(25,26)18-8-6-17(7-9-18)21(24)22-15-19(20-5-4-14-27-20)23-12-10-16(2)11-13-23/h4-9,14,16,19H,3,10-13,15H2,1-2H3,(H,22,24). The summed E-state index contributed by atoms with van der Waals surface area (Å²) in [4.78, 5) is 16.6. The number of carbonyl (C=O) groups excluding carboxylic acids is 1. The Bertz CT molecular complexity index is 869. The molecule has 2 aromatic rings. The minimum absolute atomic E-state index is 0.0511. The topological polar surface area (TPSA) is 66.5 Å². The largest absolute Gasteiger partial charge is 0.350 e. The van der Waals surface area contributed by atoms with E-state index in [2.05, 4.69) is 28.6 Å². The molecule has 0 radical (unpaired) electrons. The molecule has 1 fully saturated rings. The lowest BCUT2D eigenvalue weighted by Crippen LogP contribution is -2.41. The molecule has 1 saturated heterocycles. The van der Waals surface area contributed by atoms with Gasteiger partial charge in [0.2, 0.25) is 0 Å². The van der Waals surface area contributed by atoms with Gasteiger partial charge in [-0.1, -0.05) is 19.9 Å². The van der Waals surface area contributed by atoms with Crippen LogP contribution in [0.4, 0.5) is 0 Å². The van der Waals surface area contributed by atoms with Crippen molar-refractivity contribution in [1.29, 1.82) is 0 Å². The van der Waals surface area contributed by atoms with Crippen LogP contribution in [0.15, 0.2) is 46.7 Å². The molecular formula is C21H28N2O3S2. The molecule has 0 saturated carbocycles. The summed E-state index contributed by atoms with van der Waals surface area (Å²) in [6.45, 7) is 6.54. The summed E-state index contributed by atoms with van der Waals surface area (Å²) in [5.74, 6) is 0.635. The van der Waals surface area contributed by atoms with Gasteiger partial charge in [0, 0.05) is 17.0 Å². The summed E-state index contributed by atoms with van der Waals surface area (Å²) in [5, 5.41) is 5.12. The number of sulfone groups is 1. The predicted molar refractivity (Wildman–Crippen MR) is 114 cm³/mol. The van der Waals surface area contributed by atoms with E-state index < -0.39 is 9.84 Å². The second kappa shape index (κ2) is 9.20. The Morgan fingerprint density at radius 1 is 1.21 bits per heavy atom. The third kappa shape index (κ3) is 5.01. The summed E-state index contributed by atoms with van der Waals surface area (Å²) in [6.07, 6.45) is 2.37. The van der Waals surface area contributed by atoms with Crippen molar-refractivity contribution in [3.05, 3.63) is 52.2 Å². The third-order valence-electron chi connectivity index (χ3n) is 5.44. The number of nitrogens with one attached hydrogen (secondary N) is 1. The third-order valence-corrected chi connectivity index (χ3v) is 8.17. The summed E-state index contributed by atoms with van der Waals surface area (Å²) in [5.41, 5.74) is 0.479. The Hall–Kier alpha value is -1.70. The van der Waals surface area contributed by atoms with Crippen LogP contribution in [0.3, 0.4) is 0 Å². The lowest BCUT2D eigenvalue weighted by atomic mass is 9.97. The average molecular weight is 421 g/mol. The smallest absolute Gasteiger partial charge is 0.251 e. The summed E-state index contributed by atoms with van der Waals surface area (Å²) >= 11 is 1.72. The fraction of sp³-hybridized carbons (Fsp3) is 0.476. The first kappa shape index (κ1) is 21.0. The van der Waals surface area contributed by atoms with E-state index in [1.54, 1.807) is 30.4 Å². The Balaban J connectivity index is 1.67. The van der Waals surface area contributed by atoms with Gasteiger partial charge in [0.15, 0.2) is 9.84 Å². The number of thiophene rings is 1. The second-order valence-electron chi connectivity index (χ2n) is 7.39. The van der Waals surface area contributed by atoms with E-state index in [0.717, 1.165) is 19.0 Å². The first-order valence-electron chi connectivity index (χ1n) is 9.79. The van der Waals surface area contributed by atoms with Crippen LogP contribution in [-0.4, -0.2) is 44.6 Å². The zero-order valence-corrected chi connectivity index (χ0v) is 18.1. The van der Waals surface area contributed by atoms with E-state index in [1.165, 1.54) is 29.9 Å². The number of rotatable bonds is 7. The first-order chi connectivity index (χ1) is 13.4. The SMILES string of the molecule is CCS(=O)(=O)c1ccc(C(=O)NCC(c2cccs2)N2CCC(C)CC2)cc1. The van der Waals surface area contributed by atoms with Gasteiger partial charge in [0.25, 0.3) is 5.91 Å². The first-order valence-corrected chi connectivity index (χ1v) is 12.3. The van der Waals surface area contributed by atoms with Crippen molar-refractivity contribution >= 4 is 27.1 Å². The van der Waals surface area contributed by atoms with Crippen molar-refractivity contribution in [3.8, 4) is 0 Å². The highest BCUT2D eigenvalue weighted by atomic mass is 32.2. The van der Waals surface area contributed by atoms with Gasteiger partial charge < -0.3 is 5.32 Å². The van der Waals surface area contributed by atoms with Crippen molar-refractivity contribution in [2.24, 2.45) is 5.92 Å². The highest BCUT2D eigenvalue weighted by molar-refractivity contribution is 7.91. The number of piperidine rings is 1. The Morgan fingerprint density at radius 2 is 1.89 bits per heavy atom. The number of carbonyl (C=O) groups is 1. The Kier molecular flexibility index (Phi) is 6.91. The van der Waals surface area contributed by atoms with Gasteiger partial charge in [-0.3, -0.25) is 9.69 Å². The molecule has 1 aliphatic rings. The van der Waals surface area contributed by atoms with Crippen LogP contribution in [-0.2, 0) is 9.84 Å². The number of hydrogen-bond donors (Lipinski definition) is 1. The van der Waals surface area contributed by atoms with Crippen molar-refractivity contribution < 1.29 is 13.2 Å². The number of benzene rings is 1. The minimum atomic E-state index is -3.25. The van der Waals surface area contributed by atoms with Crippen molar-refractivity contribution in [2.75, 3.05) is 25.4 Å². The van der Waals surface area contributed by atoms with E-state index in [0.29, 0.717) is 12.1 Å². The van der Waals surface area contributed by atoms with E-state index in [9.17, 15) is 13.2 Å². The molecular weight excluding hydrogens is 392 g/mol. The van der Waals surface area contributed by atoms with Gasteiger partial charge in [-0.2, -0.15) is 0 Å². The van der Waals surface area contributed by atoms with Gasteiger partial charge in [-0.25, -0.2) is 8.42 Å². The molecule has 5 nitrogen and oxygen atoms in total. The molecule has 1 N–H and O–H groups in total. The van der Waals surface area contributed by atoms with Gasteiger partial charge in [-0.05, 0) is 67.6 Å². The van der Waals surface area contributed by atoms with Crippen LogP contribution in [0.1, 0.15) is 48.0 Å². The van der Waals surface area contributed by atoms with Crippen LogP contribution < -0.4 is 5.32 Å². The highest BCUT2D eigenvalue weighted by Crippen LogP contribution is 2.29. The monoisotopic (exact) mass is 420 g/mol. The summed E-state index contributed by atoms with van der Waals surface area (Å²) < 4.78 is 23.8. The number of nitrogens with zero attached hydrogens (tertiary/aromatic N) is 1. The predicted octanol–water partition coefficient (Wildman–Crippen LogP) is 3.74. The fourth-order valence-electron chi connectivity index (χ4n) is 3.50.